The van der Waals surface area contributed by atoms with Gasteiger partial charge in [-0.25, -0.2) is 0 Å². The number of hydrogen-bond donors (Lipinski definition) is 0. The molecule has 0 saturated carbocycles. The second-order valence-corrected chi connectivity index (χ2v) is 3.55. The summed E-state index contributed by atoms with van der Waals surface area (Å²) in [7, 11) is 1.61. The quantitative estimate of drug-likeness (QED) is 0.827. The molecule has 0 aliphatic rings. The van der Waals surface area contributed by atoms with Gasteiger partial charge >= 0.3 is 0 Å². The van der Waals surface area contributed by atoms with Crippen molar-refractivity contribution < 1.29 is 9.26 Å². The van der Waals surface area contributed by atoms with E-state index in [0.717, 1.165) is 15.8 Å². The van der Waals surface area contributed by atoms with Crippen LogP contribution in [0.3, 0.4) is 0 Å². The lowest BCUT2D eigenvalue weighted by Crippen LogP contribution is -1.85. The number of nitrogens with zero attached hydrogens (tertiary/aromatic N) is 2. The molecule has 0 amide bonds. The molecule has 1 aromatic heterocycles. The summed E-state index contributed by atoms with van der Waals surface area (Å²) < 4.78 is 10.7. The first-order valence-electron chi connectivity index (χ1n) is 3.91. The third kappa shape index (κ3) is 1.77. The summed E-state index contributed by atoms with van der Waals surface area (Å²) in [4.78, 5) is 3.95. The van der Waals surface area contributed by atoms with E-state index in [9.17, 15) is 0 Å². The van der Waals surface area contributed by atoms with Crippen molar-refractivity contribution in [2.24, 2.45) is 0 Å². The number of benzene rings is 1. The minimum absolute atomic E-state index is 0.546. The molecule has 2 aromatic rings. The fourth-order valence-electron chi connectivity index (χ4n) is 1.11. The highest BCUT2D eigenvalue weighted by Crippen LogP contribution is 2.26. The molecule has 5 heteroatoms. The van der Waals surface area contributed by atoms with E-state index >= 15 is 0 Å². The monoisotopic (exact) mass is 254 g/mol. The summed E-state index contributed by atoms with van der Waals surface area (Å²) in [5, 5.41) is 3.74. The van der Waals surface area contributed by atoms with Crippen LogP contribution < -0.4 is 4.74 Å². The topological polar surface area (TPSA) is 48.2 Å². The maximum Gasteiger partial charge on any atom is 0.214 e. The molecule has 2 rings (SSSR count). The van der Waals surface area contributed by atoms with Crippen LogP contribution in [0.1, 0.15) is 0 Å². The molecule has 0 unspecified atom stereocenters. The molecule has 1 heterocycles. The Labute approximate surface area is 89.0 Å². The van der Waals surface area contributed by atoms with Crippen LogP contribution in [0.15, 0.2) is 33.6 Å². The molecule has 1 aromatic carbocycles. The lowest BCUT2D eigenvalue weighted by molar-refractivity contribution is 0.414. The summed E-state index contributed by atoms with van der Waals surface area (Å²) in [6, 6.07) is 5.60. The van der Waals surface area contributed by atoms with Crippen molar-refractivity contribution in [3.05, 3.63) is 29.1 Å². The van der Waals surface area contributed by atoms with Crippen molar-refractivity contribution in [3.8, 4) is 17.1 Å². The second-order valence-electron chi connectivity index (χ2n) is 2.63. The highest BCUT2D eigenvalue weighted by molar-refractivity contribution is 9.10. The Morgan fingerprint density at radius 3 is 2.86 bits per heavy atom. The minimum Gasteiger partial charge on any atom is -0.497 e. The van der Waals surface area contributed by atoms with Gasteiger partial charge in [0.2, 0.25) is 12.2 Å². The summed E-state index contributed by atoms with van der Waals surface area (Å²) in [6.07, 6.45) is 1.29. The van der Waals surface area contributed by atoms with Crippen molar-refractivity contribution in [1.82, 2.24) is 10.1 Å². The number of halogens is 1. The Kier molecular flexibility index (Phi) is 2.49. The van der Waals surface area contributed by atoms with Crippen LogP contribution in [-0.2, 0) is 0 Å². The lowest BCUT2D eigenvalue weighted by Gasteiger charge is -2.02. The highest BCUT2D eigenvalue weighted by Gasteiger charge is 2.05. The first kappa shape index (κ1) is 9.21. The van der Waals surface area contributed by atoms with Crippen LogP contribution in [0.5, 0.6) is 5.75 Å². The van der Waals surface area contributed by atoms with Crippen molar-refractivity contribution in [1.29, 1.82) is 0 Å². The Balaban J connectivity index is 2.48. The third-order valence-corrected chi connectivity index (χ3v) is 2.18. The first-order valence-corrected chi connectivity index (χ1v) is 4.70. The van der Waals surface area contributed by atoms with Gasteiger partial charge in [-0.15, -0.1) is 0 Å². The molecular weight excluding hydrogens is 248 g/mol. The molecular formula is C9H7BrN2O2. The van der Waals surface area contributed by atoms with Gasteiger partial charge in [0.1, 0.15) is 5.75 Å². The van der Waals surface area contributed by atoms with E-state index in [2.05, 4.69) is 30.6 Å². The van der Waals surface area contributed by atoms with Gasteiger partial charge in [-0.1, -0.05) is 21.1 Å². The molecule has 0 aliphatic heterocycles. The first-order chi connectivity index (χ1) is 6.79. The average molecular weight is 255 g/mol. The maximum atomic E-state index is 5.12. The minimum atomic E-state index is 0.546. The van der Waals surface area contributed by atoms with Crippen LogP contribution >= 0.6 is 15.9 Å². The largest absolute Gasteiger partial charge is 0.497 e. The molecule has 0 radical (unpaired) electrons. The number of methoxy groups -OCH3 is 1. The van der Waals surface area contributed by atoms with Gasteiger partial charge in [-0.05, 0) is 18.2 Å². The standard InChI is InChI=1S/C9H7BrN2O2/c1-13-8-3-6(2-7(10)4-8)9-11-5-14-12-9/h2-5H,1H3. The molecule has 0 spiro atoms. The van der Waals surface area contributed by atoms with E-state index < -0.39 is 0 Å². The van der Waals surface area contributed by atoms with Crippen LogP contribution in [0.25, 0.3) is 11.4 Å². The van der Waals surface area contributed by atoms with E-state index in [1.54, 1.807) is 7.11 Å². The number of rotatable bonds is 2. The normalized spacial score (nSPS) is 10.1. The molecule has 0 N–H and O–H groups in total. The fourth-order valence-corrected chi connectivity index (χ4v) is 1.58. The van der Waals surface area contributed by atoms with Crippen molar-refractivity contribution >= 4 is 15.9 Å². The Hall–Kier alpha value is -1.36. The summed E-state index contributed by atoms with van der Waals surface area (Å²) in [6.45, 7) is 0. The lowest BCUT2D eigenvalue weighted by atomic mass is 10.2. The summed E-state index contributed by atoms with van der Waals surface area (Å²) in [5.41, 5.74) is 0.852. The zero-order valence-electron chi connectivity index (χ0n) is 7.40. The van der Waals surface area contributed by atoms with Crippen molar-refractivity contribution in [2.45, 2.75) is 0 Å². The van der Waals surface area contributed by atoms with Crippen LogP contribution in [0, 0.1) is 0 Å². The van der Waals surface area contributed by atoms with E-state index in [0.29, 0.717) is 5.82 Å². The number of ether oxygens (including phenoxy) is 1. The van der Waals surface area contributed by atoms with Crippen molar-refractivity contribution in [2.75, 3.05) is 7.11 Å². The zero-order valence-corrected chi connectivity index (χ0v) is 8.98. The Morgan fingerprint density at radius 2 is 2.21 bits per heavy atom. The predicted octanol–water partition coefficient (Wildman–Crippen LogP) is 2.51. The second kappa shape index (κ2) is 3.79. The SMILES string of the molecule is COc1cc(Br)cc(-c2ncon2)c1. The molecule has 0 atom stereocenters. The third-order valence-electron chi connectivity index (χ3n) is 1.73. The Bertz CT molecular complexity index is 428. The van der Waals surface area contributed by atoms with E-state index in [1.807, 2.05) is 18.2 Å². The highest BCUT2D eigenvalue weighted by atomic mass is 79.9. The summed E-state index contributed by atoms with van der Waals surface area (Å²) in [5.74, 6) is 1.30. The van der Waals surface area contributed by atoms with E-state index in [1.165, 1.54) is 6.39 Å². The smallest absolute Gasteiger partial charge is 0.214 e. The van der Waals surface area contributed by atoms with Crippen LogP contribution in [0.2, 0.25) is 0 Å². The van der Waals surface area contributed by atoms with Crippen molar-refractivity contribution in [3.63, 3.8) is 0 Å². The van der Waals surface area contributed by atoms with E-state index in [-0.39, 0.29) is 0 Å². The van der Waals surface area contributed by atoms with Gasteiger partial charge in [0.05, 0.1) is 7.11 Å². The molecule has 4 nitrogen and oxygen atoms in total. The molecule has 0 saturated heterocycles. The predicted molar refractivity (Wildman–Crippen MR) is 54.0 cm³/mol. The molecule has 72 valence electrons. The van der Waals surface area contributed by atoms with Gasteiger partial charge < -0.3 is 9.26 Å². The maximum absolute atomic E-state index is 5.12. The molecule has 0 fully saturated rings. The zero-order chi connectivity index (χ0) is 9.97. The van der Waals surface area contributed by atoms with Gasteiger partial charge in [0, 0.05) is 10.0 Å². The Morgan fingerprint density at radius 1 is 1.36 bits per heavy atom. The van der Waals surface area contributed by atoms with E-state index in [4.69, 9.17) is 4.74 Å². The fraction of sp³-hybridized carbons (Fsp3) is 0.111. The molecule has 14 heavy (non-hydrogen) atoms. The van der Waals surface area contributed by atoms with Crippen LogP contribution in [-0.4, -0.2) is 17.3 Å². The number of aromatic nitrogens is 2. The van der Waals surface area contributed by atoms with Gasteiger partial charge in [-0.3, -0.25) is 0 Å². The van der Waals surface area contributed by atoms with Gasteiger partial charge in [0.25, 0.3) is 0 Å². The van der Waals surface area contributed by atoms with Crippen LogP contribution in [0.4, 0.5) is 0 Å². The molecule has 0 bridgehead atoms. The molecule has 0 aliphatic carbocycles. The average Bonchev–Trinajstić information content (AvgIpc) is 2.69. The number of hydrogen-bond acceptors (Lipinski definition) is 4. The van der Waals surface area contributed by atoms with Gasteiger partial charge in [0.15, 0.2) is 0 Å². The summed E-state index contributed by atoms with van der Waals surface area (Å²) >= 11 is 3.37. The van der Waals surface area contributed by atoms with Gasteiger partial charge in [-0.2, -0.15) is 4.98 Å².